The van der Waals surface area contributed by atoms with E-state index in [9.17, 15) is 0 Å². The second-order valence-electron chi connectivity index (χ2n) is 4.71. The minimum absolute atomic E-state index is 0.580. The number of nitrogens with one attached hydrogen (secondary N) is 1. The van der Waals surface area contributed by atoms with Gasteiger partial charge < -0.3 is 5.32 Å². The van der Waals surface area contributed by atoms with E-state index in [1.165, 1.54) is 12.0 Å². The Labute approximate surface area is 112 Å². The molecular weight excluding hydrogens is 244 g/mol. The molecule has 2 unspecified atom stereocenters. The van der Waals surface area contributed by atoms with Crippen molar-refractivity contribution in [3.05, 3.63) is 64.9 Å². The monoisotopic (exact) mass is 258 g/mol. The molecule has 0 spiro atoms. The maximum absolute atomic E-state index is 6.08. The van der Waals surface area contributed by atoms with Gasteiger partial charge in [0.05, 0.1) is 5.02 Å². The summed E-state index contributed by atoms with van der Waals surface area (Å²) in [5.74, 6) is 0.659. The van der Waals surface area contributed by atoms with Crippen LogP contribution in [0.3, 0.4) is 0 Å². The van der Waals surface area contributed by atoms with Crippen molar-refractivity contribution in [3.8, 4) is 0 Å². The van der Waals surface area contributed by atoms with Gasteiger partial charge in [0.1, 0.15) is 0 Å². The fraction of sp³-hybridized carbons (Fsp3) is 0.267. The van der Waals surface area contributed by atoms with Crippen LogP contribution in [-0.4, -0.2) is 11.0 Å². The number of benzene rings is 1. The van der Waals surface area contributed by atoms with Gasteiger partial charge in [0, 0.05) is 30.9 Å². The van der Waals surface area contributed by atoms with Gasteiger partial charge in [-0.1, -0.05) is 41.9 Å². The second-order valence-corrected chi connectivity index (χ2v) is 5.11. The van der Waals surface area contributed by atoms with E-state index >= 15 is 0 Å². The van der Waals surface area contributed by atoms with Crippen molar-refractivity contribution in [2.24, 2.45) is 0 Å². The molecular formula is C15H15ClN2. The Hall–Kier alpha value is -1.38. The van der Waals surface area contributed by atoms with E-state index in [1.807, 2.05) is 6.07 Å². The van der Waals surface area contributed by atoms with E-state index in [-0.39, 0.29) is 0 Å². The molecule has 1 aromatic carbocycles. The van der Waals surface area contributed by atoms with Crippen LogP contribution >= 0.6 is 11.6 Å². The molecule has 18 heavy (non-hydrogen) atoms. The van der Waals surface area contributed by atoms with Crippen LogP contribution in [0.4, 0.5) is 0 Å². The van der Waals surface area contributed by atoms with Gasteiger partial charge in [0.2, 0.25) is 0 Å². The molecule has 0 radical (unpaired) electrons. The minimum Gasteiger partial charge on any atom is -0.309 e. The number of hydrogen-bond acceptors (Lipinski definition) is 2. The van der Waals surface area contributed by atoms with E-state index < -0.39 is 0 Å². The molecule has 0 saturated heterocycles. The number of nitrogens with zero attached hydrogens (tertiary/aromatic N) is 1. The van der Waals surface area contributed by atoms with Crippen LogP contribution in [0.15, 0.2) is 48.8 Å². The summed E-state index contributed by atoms with van der Waals surface area (Å²) in [5, 5.41) is 4.29. The summed E-state index contributed by atoms with van der Waals surface area (Å²) in [6.07, 6.45) is 4.69. The summed E-state index contributed by atoms with van der Waals surface area (Å²) in [7, 11) is 0. The Morgan fingerprint density at radius 1 is 1.22 bits per heavy atom. The summed E-state index contributed by atoms with van der Waals surface area (Å²) in [6.45, 7) is 0.815. The van der Waals surface area contributed by atoms with Gasteiger partial charge in [-0.05, 0) is 23.6 Å². The van der Waals surface area contributed by atoms with E-state index in [0.717, 1.165) is 17.1 Å². The van der Waals surface area contributed by atoms with Crippen LogP contribution in [0, 0.1) is 0 Å². The van der Waals surface area contributed by atoms with E-state index in [2.05, 4.69) is 40.6 Å². The highest BCUT2D eigenvalue weighted by Gasteiger charge is 2.37. The summed E-state index contributed by atoms with van der Waals surface area (Å²) in [4.78, 5) is 3.99. The van der Waals surface area contributed by atoms with E-state index in [4.69, 9.17) is 11.6 Å². The summed E-state index contributed by atoms with van der Waals surface area (Å²) in [6, 6.07) is 13.2. The molecule has 1 N–H and O–H groups in total. The predicted molar refractivity (Wildman–Crippen MR) is 73.7 cm³/mol. The average molecular weight is 259 g/mol. The van der Waals surface area contributed by atoms with Crippen molar-refractivity contribution in [2.75, 3.05) is 0 Å². The maximum Gasteiger partial charge on any atom is 0.0634 e. The van der Waals surface area contributed by atoms with Crippen LogP contribution in [0.25, 0.3) is 0 Å². The summed E-state index contributed by atoms with van der Waals surface area (Å²) >= 11 is 6.08. The number of rotatable bonds is 4. The molecule has 1 aliphatic rings. The summed E-state index contributed by atoms with van der Waals surface area (Å²) in [5.41, 5.74) is 2.54. The second kappa shape index (κ2) is 5.09. The first-order valence-corrected chi connectivity index (χ1v) is 6.59. The topological polar surface area (TPSA) is 24.9 Å². The van der Waals surface area contributed by atoms with Gasteiger partial charge in [-0.3, -0.25) is 4.98 Å². The molecule has 1 saturated carbocycles. The van der Waals surface area contributed by atoms with Gasteiger partial charge in [-0.25, -0.2) is 0 Å². The Bertz CT molecular complexity index is 527. The van der Waals surface area contributed by atoms with Crippen molar-refractivity contribution < 1.29 is 0 Å². The lowest BCUT2D eigenvalue weighted by Crippen LogP contribution is -2.17. The lowest BCUT2D eigenvalue weighted by atomic mass is 10.1. The van der Waals surface area contributed by atoms with Gasteiger partial charge in [0.25, 0.3) is 0 Å². The molecule has 2 aromatic rings. The average Bonchev–Trinajstić information content (AvgIpc) is 3.18. The lowest BCUT2D eigenvalue weighted by molar-refractivity contribution is 0.672. The van der Waals surface area contributed by atoms with Gasteiger partial charge in [-0.15, -0.1) is 0 Å². The normalized spacial score (nSPS) is 21.8. The van der Waals surface area contributed by atoms with E-state index in [1.54, 1.807) is 12.4 Å². The zero-order valence-corrected chi connectivity index (χ0v) is 10.8. The van der Waals surface area contributed by atoms with Crippen molar-refractivity contribution in [1.29, 1.82) is 0 Å². The molecule has 1 fully saturated rings. The Balaban J connectivity index is 1.56. The minimum atomic E-state index is 0.580. The van der Waals surface area contributed by atoms with Gasteiger partial charge in [0.15, 0.2) is 0 Å². The van der Waals surface area contributed by atoms with Crippen LogP contribution in [-0.2, 0) is 6.54 Å². The largest absolute Gasteiger partial charge is 0.309 e. The van der Waals surface area contributed by atoms with Crippen molar-refractivity contribution >= 4 is 11.6 Å². The zero-order chi connectivity index (χ0) is 12.4. The SMILES string of the molecule is Clc1cnccc1CNC1CC1c1ccccc1. The molecule has 3 heteroatoms. The van der Waals surface area contributed by atoms with Crippen LogP contribution < -0.4 is 5.32 Å². The number of pyridine rings is 1. The molecule has 2 atom stereocenters. The Morgan fingerprint density at radius 2 is 2.06 bits per heavy atom. The highest BCUT2D eigenvalue weighted by molar-refractivity contribution is 6.31. The highest BCUT2D eigenvalue weighted by Crippen LogP contribution is 2.40. The molecule has 1 heterocycles. The fourth-order valence-corrected chi connectivity index (χ4v) is 2.46. The Kier molecular flexibility index (Phi) is 3.31. The molecule has 0 aliphatic heterocycles. The molecule has 2 nitrogen and oxygen atoms in total. The van der Waals surface area contributed by atoms with Crippen molar-refractivity contribution in [2.45, 2.75) is 24.9 Å². The number of hydrogen-bond donors (Lipinski definition) is 1. The number of halogens is 1. The third-order valence-electron chi connectivity index (χ3n) is 3.43. The predicted octanol–water partition coefficient (Wildman–Crippen LogP) is 3.38. The molecule has 1 aliphatic carbocycles. The highest BCUT2D eigenvalue weighted by atomic mass is 35.5. The van der Waals surface area contributed by atoms with Crippen molar-refractivity contribution in [3.63, 3.8) is 0 Å². The Morgan fingerprint density at radius 3 is 2.83 bits per heavy atom. The first-order valence-electron chi connectivity index (χ1n) is 6.21. The first kappa shape index (κ1) is 11.7. The third-order valence-corrected chi connectivity index (χ3v) is 3.77. The first-order chi connectivity index (χ1) is 8.84. The standard InChI is InChI=1S/C15H15ClN2/c16-14-10-17-7-6-12(14)9-18-15-8-13(15)11-4-2-1-3-5-11/h1-7,10,13,15,18H,8-9H2. The quantitative estimate of drug-likeness (QED) is 0.909. The smallest absolute Gasteiger partial charge is 0.0634 e. The molecule has 1 aromatic heterocycles. The molecule has 0 amide bonds. The van der Waals surface area contributed by atoms with Crippen molar-refractivity contribution in [1.82, 2.24) is 10.3 Å². The fourth-order valence-electron chi connectivity index (χ4n) is 2.28. The summed E-state index contributed by atoms with van der Waals surface area (Å²) < 4.78 is 0. The maximum atomic E-state index is 6.08. The van der Waals surface area contributed by atoms with Gasteiger partial charge in [-0.2, -0.15) is 0 Å². The zero-order valence-electron chi connectivity index (χ0n) is 10.0. The van der Waals surface area contributed by atoms with Gasteiger partial charge >= 0.3 is 0 Å². The molecule has 92 valence electrons. The van der Waals surface area contributed by atoms with Crippen LogP contribution in [0.2, 0.25) is 5.02 Å². The number of aromatic nitrogens is 1. The van der Waals surface area contributed by atoms with Crippen LogP contribution in [0.1, 0.15) is 23.5 Å². The molecule has 3 rings (SSSR count). The lowest BCUT2D eigenvalue weighted by Gasteiger charge is -2.06. The van der Waals surface area contributed by atoms with E-state index in [0.29, 0.717) is 12.0 Å². The van der Waals surface area contributed by atoms with Crippen LogP contribution in [0.5, 0.6) is 0 Å². The molecule has 0 bridgehead atoms. The third kappa shape index (κ3) is 2.55.